The predicted molar refractivity (Wildman–Crippen MR) is 340 cm³/mol. The van der Waals surface area contributed by atoms with E-state index in [-0.39, 0.29) is 88.0 Å². The van der Waals surface area contributed by atoms with Gasteiger partial charge in [-0.1, -0.05) is 93.9 Å². The van der Waals surface area contributed by atoms with Gasteiger partial charge in [-0.05, 0) is 120 Å². The number of carbonyl (C=O) groups is 11. The highest BCUT2D eigenvalue weighted by Crippen LogP contribution is 2.43. The molecule has 0 radical (unpaired) electrons. The zero-order valence-electron chi connectivity index (χ0n) is 58.0. The molecule has 0 aromatic rings. The molecule has 4 fully saturated rings. The number of alkyl halides is 4. The van der Waals surface area contributed by atoms with Gasteiger partial charge in [0.05, 0.1) is 19.0 Å². The van der Waals surface area contributed by atoms with Crippen molar-refractivity contribution in [3.05, 3.63) is 0 Å². The summed E-state index contributed by atoms with van der Waals surface area (Å²) >= 11 is 0. The van der Waals surface area contributed by atoms with E-state index >= 15 is 4.39 Å². The Morgan fingerprint density at radius 2 is 1.13 bits per heavy atom. The molecule has 12 atom stereocenters. The van der Waals surface area contributed by atoms with E-state index in [0.717, 1.165) is 41.9 Å². The first-order valence-electron chi connectivity index (χ1n) is 33.5. The second-order valence-electron chi connectivity index (χ2n) is 28.9. The lowest BCUT2D eigenvalue weighted by Gasteiger charge is -2.44. The Labute approximate surface area is 543 Å². The lowest BCUT2D eigenvalue weighted by molar-refractivity contribution is -0.201. The van der Waals surface area contributed by atoms with Crippen LogP contribution in [0.15, 0.2) is 0 Å². The Morgan fingerprint density at radius 3 is 1.66 bits per heavy atom. The van der Waals surface area contributed by atoms with Gasteiger partial charge in [0.25, 0.3) is 0 Å². The molecule has 2 saturated heterocycles. The lowest BCUT2D eigenvalue weighted by atomic mass is 9.78. The molecule has 524 valence electrons. The SMILES string of the molecule is CC[C@H](C)[C@@H]1NC(=O)[C@H](CC(C)C)N(C)C(=O)C[C@@H](C)N(C)C(=O)[C@H](CC(C)C)NC(=O)C(C)(C)N(C)C(=O)[C@H](CC(C)C)NC(=O)[C@H](CCC2CCC(C(F)(F)F)C(F)C2)NC(=O)CN(C)C(=O)[C@H](CC2CCCCC2)N(C)C(=O)CN(C)C(=O)[C@@H]2CCN2C1=O. The minimum atomic E-state index is -4.75. The fourth-order valence-corrected chi connectivity index (χ4v) is 13.0. The van der Waals surface area contributed by atoms with Crippen LogP contribution in [0.4, 0.5) is 17.6 Å². The Hall–Kier alpha value is -6.11. The standard InChI is InChI=1S/C66H111F4N11O11/c1-18-41(8)56-63(91)81-29-28-50(81)61(89)76(13)37-55(84)79(16)52(35-43-22-20-19-21-23-43)62(90)75(12)36-53(82)71-47(27-25-44-24-26-45(46(67)34-44)66(68,69)70)57(85)72-49(31-39(4)5)60(88)80(17)65(10,11)64(92)73-48(30-38(2)3)59(87)77(14)42(9)33-54(83)78(15)51(32-40(6)7)58(86)74-56/h38-52,56H,18-37H2,1-17H3,(H,71,82)(H,72,85)(H,73,92)(H,74,86)/t41-,42+,44?,45?,46?,47-,48-,49-,50-,51-,52-,56-/m0/s1. The third-order valence-electron chi connectivity index (χ3n) is 19.8. The number of halogens is 4. The van der Waals surface area contributed by atoms with Gasteiger partial charge in [0, 0.05) is 61.3 Å². The van der Waals surface area contributed by atoms with Gasteiger partial charge in [-0.15, -0.1) is 0 Å². The van der Waals surface area contributed by atoms with E-state index in [1.165, 1.54) is 80.6 Å². The predicted octanol–water partition coefficient (Wildman–Crippen LogP) is 5.84. The maximum Gasteiger partial charge on any atom is 0.394 e. The molecule has 22 nitrogen and oxygen atoms in total. The molecule has 4 aliphatic rings. The second-order valence-corrected chi connectivity index (χ2v) is 28.9. The van der Waals surface area contributed by atoms with Crippen LogP contribution in [-0.4, -0.2) is 227 Å². The molecule has 0 bridgehead atoms. The van der Waals surface area contributed by atoms with Crippen molar-refractivity contribution in [1.82, 2.24) is 55.6 Å². The summed E-state index contributed by atoms with van der Waals surface area (Å²) in [4.78, 5) is 169. The summed E-state index contributed by atoms with van der Waals surface area (Å²) in [5.74, 6) is -10.7. The zero-order chi connectivity index (χ0) is 69.6. The summed E-state index contributed by atoms with van der Waals surface area (Å²) in [5.41, 5.74) is -1.70. The molecular weight excluding hydrogens is 1200 g/mol. The van der Waals surface area contributed by atoms with Crippen LogP contribution in [0.3, 0.4) is 0 Å². The van der Waals surface area contributed by atoms with Crippen molar-refractivity contribution in [3.63, 3.8) is 0 Å². The third-order valence-corrected chi connectivity index (χ3v) is 19.8. The molecule has 0 spiro atoms. The topological polar surface area (TPSA) is 259 Å². The normalized spacial score (nSPS) is 29.5. The van der Waals surface area contributed by atoms with Crippen molar-refractivity contribution < 1.29 is 70.3 Å². The molecule has 0 aromatic carbocycles. The summed E-state index contributed by atoms with van der Waals surface area (Å²) in [6, 6.07) is -9.01. The maximum absolute atomic E-state index is 15.2. The summed E-state index contributed by atoms with van der Waals surface area (Å²) in [5, 5.41) is 11.2. The molecule has 2 saturated carbocycles. The monoisotopic (exact) mass is 1310 g/mol. The zero-order valence-corrected chi connectivity index (χ0v) is 58.0. The number of hydrogen-bond acceptors (Lipinski definition) is 11. The average Bonchev–Trinajstić information content (AvgIpc) is 0.803. The molecule has 26 heteroatoms. The summed E-state index contributed by atoms with van der Waals surface area (Å²) in [6.45, 7) is 18.4. The molecule has 2 heterocycles. The first-order valence-corrected chi connectivity index (χ1v) is 33.5. The summed E-state index contributed by atoms with van der Waals surface area (Å²) < 4.78 is 56.4. The number of fused-ring (bicyclic) bond motifs is 1. The smallest absolute Gasteiger partial charge is 0.343 e. The van der Waals surface area contributed by atoms with Crippen molar-refractivity contribution in [2.24, 2.45) is 41.4 Å². The van der Waals surface area contributed by atoms with E-state index in [0.29, 0.717) is 6.42 Å². The van der Waals surface area contributed by atoms with Crippen LogP contribution in [0.25, 0.3) is 0 Å². The van der Waals surface area contributed by atoms with Crippen LogP contribution >= 0.6 is 0 Å². The molecule has 11 amide bonds. The van der Waals surface area contributed by atoms with Crippen LogP contribution in [0.5, 0.6) is 0 Å². The van der Waals surface area contributed by atoms with Crippen LogP contribution in [0.1, 0.15) is 185 Å². The molecule has 4 N–H and O–H groups in total. The fourth-order valence-electron chi connectivity index (χ4n) is 13.0. The van der Waals surface area contributed by atoms with Gasteiger partial charge in [0.2, 0.25) is 65.0 Å². The van der Waals surface area contributed by atoms with E-state index < -0.39 is 175 Å². The van der Waals surface area contributed by atoms with E-state index in [4.69, 9.17) is 0 Å². The maximum atomic E-state index is 15.2. The molecule has 2 aliphatic carbocycles. The number of hydrogen-bond donors (Lipinski definition) is 4. The number of nitrogens with one attached hydrogen (secondary N) is 4. The molecule has 92 heavy (non-hydrogen) atoms. The van der Waals surface area contributed by atoms with Crippen molar-refractivity contribution in [3.8, 4) is 0 Å². The van der Waals surface area contributed by atoms with Crippen molar-refractivity contribution in [1.29, 1.82) is 0 Å². The Balaban J connectivity index is 1.81. The van der Waals surface area contributed by atoms with Gasteiger partial charge in [-0.25, -0.2) is 4.39 Å². The van der Waals surface area contributed by atoms with Crippen LogP contribution in [0, 0.1) is 41.4 Å². The van der Waals surface area contributed by atoms with Crippen molar-refractivity contribution in [2.75, 3.05) is 61.9 Å². The molecule has 2 aliphatic heterocycles. The highest BCUT2D eigenvalue weighted by Gasteiger charge is 2.49. The molecule has 4 rings (SSSR count). The quantitative estimate of drug-likeness (QED) is 0.159. The number of rotatable bonds is 13. The van der Waals surface area contributed by atoms with Gasteiger partial charge in [0.1, 0.15) is 54.0 Å². The van der Waals surface area contributed by atoms with E-state index in [2.05, 4.69) is 21.3 Å². The molecule has 3 unspecified atom stereocenters. The number of amides is 11. The number of nitrogens with zero attached hydrogens (tertiary/aromatic N) is 7. The van der Waals surface area contributed by atoms with Gasteiger partial charge in [-0.3, -0.25) is 52.7 Å². The first kappa shape index (κ1) is 78.3. The van der Waals surface area contributed by atoms with Crippen LogP contribution in [0.2, 0.25) is 0 Å². The fraction of sp³-hybridized carbons (Fsp3) is 0.833. The van der Waals surface area contributed by atoms with Gasteiger partial charge < -0.3 is 55.6 Å². The minimum absolute atomic E-state index is 0.00355. The van der Waals surface area contributed by atoms with Gasteiger partial charge >= 0.3 is 6.18 Å². The van der Waals surface area contributed by atoms with Gasteiger partial charge in [0.15, 0.2) is 0 Å². The van der Waals surface area contributed by atoms with E-state index in [9.17, 15) is 65.9 Å². The van der Waals surface area contributed by atoms with Crippen LogP contribution < -0.4 is 21.3 Å². The van der Waals surface area contributed by atoms with Crippen LogP contribution in [-0.2, 0) is 52.7 Å². The van der Waals surface area contributed by atoms with E-state index in [1.54, 1.807) is 27.7 Å². The number of carbonyl (C=O) groups excluding carboxylic acids is 11. The minimum Gasteiger partial charge on any atom is -0.343 e. The highest BCUT2D eigenvalue weighted by atomic mass is 19.4. The second kappa shape index (κ2) is 34.3. The molecular formula is C66H111F4N11O11. The van der Waals surface area contributed by atoms with Crippen molar-refractivity contribution >= 4 is 65.0 Å². The summed E-state index contributed by atoms with van der Waals surface area (Å²) in [7, 11) is 8.57. The Kier molecular flexibility index (Phi) is 29.2. The number of likely N-dealkylation sites (N-methyl/N-ethyl adjacent to an activating group) is 6. The average molecular weight is 1310 g/mol. The largest absolute Gasteiger partial charge is 0.394 e. The third kappa shape index (κ3) is 21.2. The lowest BCUT2D eigenvalue weighted by Crippen LogP contribution is -2.65. The van der Waals surface area contributed by atoms with E-state index in [1.807, 2.05) is 34.6 Å². The van der Waals surface area contributed by atoms with Crippen molar-refractivity contribution in [2.45, 2.75) is 252 Å². The summed E-state index contributed by atoms with van der Waals surface area (Å²) in [6.07, 6.45) is -2.63. The first-order chi connectivity index (χ1) is 42.7. The Morgan fingerprint density at radius 1 is 0.565 bits per heavy atom. The highest BCUT2D eigenvalue weighted by molar-refractivity contribution is 5.99. The van der Waals surface area contributed by atoms with Gasteiger partial charge in [-0.2, -0.15) is 13.2 Å². The molecule has 0 aromatic heterocycles. The Bertz CT molecular complexity index is 2580.